The van der Waals surface area contributed by atoms with Crippen LogP contribution in [0.1, 0.15) is 17.1 Å². The van der Waals surface area contributed by atoms with Gasteiger partial charge in [-0.1, -0.05) is 23.8 Å². The van der Waals surface area contributed by atoms with Crippen LogP contribution in [0.25, 0.3) is 11.3 Å². The molecule has 1 atom stereocenters. The van der Waals surface area contributed by atoms with Crippen molar-refractivity contribution < 1.29 is 21.9 Å². The first kappa shape index (κ1) is 15.6. The van der Waals surface area contributed by atoms with Crippen molar-refractivity contribution in [2.24, 2.45) is 0 Å². The summed E-state index contributed by atoms with van der Waals surface area (Å²) in [6.07, 6.45) is -4.67. The molecule has 0 N–H and O–H groups in total. The summed E-state index contributed by atoms with van der Waals surface area (Å²) in [5, 5.41) is 0. The molecule has 0 aliphatic carbocycles. The van der Waals surface area contributed by atoms with E-state index in [9.17, 15) is 21.9 Å². The summed E-state index contributed by atoms with van der Waals surface area (Å²) in [6, 6.07) is 7.56. The van der Waals surface area contributed by atoms with Crippen molar-refractivity contribution in [2.75, 3.05) is 0 Å². The molecule has 0 aliphatic rings. The first-order valence-corrected chi connectivity index (χ1v) is 7.08. The van der Waals surface area contributed by atoms with E-state index in [2.05, 4.69) is 9.97 Å². The number of benzene rings is 1. The summed E-state index contributed by atoms with van der Waals surface area (Å²) in [5.41, 5.74) is 0.213. The maximum atomic E-state index is 12.8. The topological polar surface area (TPSA) is 65.9 Å². The molecule has 8 heteroatoms. The van der Waals surface area contributed by atoms with Crippen molar-refractivity contribution in [3.63, 3.8) is 0 Å². The smallest absolute Gasteiger partial charge is 0.433 e. The standard InChI is InChI=1S/C13H11F3N2O2S/c1-8-3-2-4-9(5-8)10-6-11(13(14,15)16)18-12(17-10)7-21(19)20/h2-6H,7H2,1H3,(H,19,20)/p-1. The first-order valence-electron chi connectivity index (χ1n) is 5.84. The minimum Gasteiger partial charge on any atom is -0.772 e. The van der Waals surface area contributed by atoms with Crippen molar-refractivity contribution >= 4 is 11.1 Å². The van der Waals surface area contributed by atoms with E-state index in [1.807, 2.05) is 0 Å². The Hall–Kier alpha value is -1.80. The van der Waals surface area contributed by atoms with Gasteiger partial charge >= 0.3 is 6.18 Å². The Morgan fingerprint density at radius 2 is 1.95 bits per heavy atom. The molecule has 1 aromatic carbocycles. The lowest BCUT2D eigenvalue weighted by molar-refractivity contribution is -0.141. The molecule has 0 saturated heterocycles. The van der Waals surface area contributed by atoms with E-state index in [0.717, 1.165) is 11.6 Å². The number of nitrogens with zero attached hydrogens (tertiary/aromatic N) is 2. The number of rotatable bonds is 3. The van der Waals surface area contributed by atoms with E-state index in [-0.39, 0.29) is 11.5 Å². The van der Waals surface area contributed by atoms with Crippen molar-refractivity contribution in [3.05, 3.63) is 47.4 Å². The van der Waals surface area contributed by atoms with Gasteiger partial charge in [0.15, 0.2) is 0 Å². The molecule has 1 unspecified atom stereocenters. The number of hydrogen-bond donors (Lipinski definition) is 0. The zero-order valence-electron chi connectivity index (χ0n) is 10.8. The lowest BCUT2D eigenvalue weighted by atomic mass is 10.1. The molecule has 0 bridgehead atoms. The van der Waals surface area contributed by atoms with Crippen LogP contribution in [-0.4, -0.2) is 18.7 Å². The maximum Gasteiger partial charge on any atom is 0.433 e. The third-order valence-corrected chi connectivity index (χ3v) is 3.12. The van der Waals surface area contributed by atoms with Gasteiger partial charge < -0.3 is 4.55 Å². The molecular weight excluding hydrogens is 305 g/mol. The molecule has 2 rings (SSSR count). The van der Waals surface area contributed by atoms with Gasteiger partial charge in [-0.05, 0) is 30.1 Å². The van der Waals surface area contributed by atoms with Crippen LogP contribution >= 0.6 is 0 Å². The number of halogens is 3. The van der Waals surface area contributed by atoms with Crippen LogP contribution in [0.4, 0.5) is 13.2 Å². The zero-order chi connectivity index (χ0) is 15.6. The minimum atomic E-state index is -4.67. The van der Waals surface area contributed by atoms with Gasteiger partial charge in [0.05, 0.1) is 11.4 Å². The SMILES string of the molecule is Cc1cccc(-c2cc(C(F)(F)F)nc(CS(=O)[O-])n2)c1. The van der Waals surface area contributed by atoms with Gasteiger partial charge in [-0.3, -0.25) is 4.21 Å². The molecule has 1 heterocycles. The summed E-state index contributed by atoms with van der Waals surface area (Å²) in [4.78, 5) is 7.16. The molecular formula is C13H10F3N2O2S-. The normalized spacial score (nSPS) is 13.2. The second kappa shape index (κ2) is 5.90. The van der Waals surface area contributed by atoms with Gasteiger partial charge in [0, 0.05) is 5.56 Å². The van der Waals surface area contributed by atoms with Crippen LogP contribution < -0.4 is 0 Å². The van der Waals surface area contributed by atoms with Crippen molar-refractivity contribution in [1.29, 1.82) is 0 Å². The van der Waals surface area contributed by atoms with E-state index in [1.54, 1.807) is 31.2 Å². The van der Waals surface area contributed by atoms with Gasteiger partial charge in [0.2, 0.25) is 0 Å². The Bertz CT molecular complexity index is 689. The third kappa shape index (κ3) is 4.08. The van der Waals surface area contributed by atoms with Crippen molar-refractivity contribution in [1.82, 2.24) is 9.97 Å². The van der Waals surface area contributed by atoms with Crippen LogP contribution in [0.3, 0.4) is 0 Å². The van der Waals surface area contributed by atoms with E-state index in [4.69, 9.17) is 0 Å². The monoisotopic (exact) mass is 315 g/mol. The highest BCUT2D eigenvalue weighted by molar-refractivity contribution is 7.78. The molecule has 21 heavy (non-hydrogen) atoms. The maximum absolute atomic E-state index is 12.8. The minimum absolute atomic E-state index is 0.0430. The van der Waals surface area contributed by atoms with Crippen LogP contribution in [0.15, 0.2) is 30.3 Å². The molecule has 1 aromatic heterocycles. The van der Waals surface area contributed by atoms with Gasteiger partial charge in [-0.2, -0.15) is 13.2 Å². The van der Waals surface area contributed by atoms with Gasteiger partial charge in [-0.15, -0.1) is 0 Å². The van der Waals surface area contributed by atoms with Gasteiger partial charge in [0.1, 0.15) is 11.5 Å². The Balaban J connectivity index is 2.57. The molecule has 0 spiro atoms. The first-order chi connectivity index (χ1) is 9.75. The Morgan fingerprint density at radius 1 is 1.24 bits per heavy atom. The molecule has 2 aromatic rings. The quantitative estimate of drug-likeness (QED) is 0.817. The summed E-state index contributed by atoms with van der Waals surface area (Å²) >= 11 is -2.56. The Kier molecular flexibility index (Phi) is 4.38. The van der Waals surface area contributed by atoms with E-state index in [0.29, 0.717) is 5.56 Å². The second-order valence-electron chi connectivity index (χ2n) is 4.37. The largest absolute Gasteiger partial charge is 0.772 e. The highest BCUT2D eigenvalue weighted by Gasteiger charge is 2.33. The fourth-order valence-corrected chi connectivity index (χ4v) is 2.10. The zero-order valence-corrected chi connectivity index (χ0v) is 11.7. The number of aryl methyl sites for hydroxylation is 1. The average Bonchev–Trinajstić information content (AvgIpc) is 2.36. The van der Waals surface area contributed by atoms with Gasteiger partial charge in [0.25, 0.3) is 0 Å². The number of aromatic nitrogens is 2. The fraction of sp³-hybridized carbons (Fsp3) is 0.231. The summed E-state index contributed by atoms with van der Waals surface area (Å²) in [7, 11) is 0. The highest BCUT2D eigenvalue weighted by Crippen LogP contribution is 2.30. The Morgan fingerprint density at radius 3 is 2.52 bits per heavy atom. The lowest BCUT2D eigenvalue weighted by Crippen LogP contribution is -2.12. The molecule has 0 fully saturated rings. The van der Waals surface area contributed by atoms with Gasteiger partial charge in [-0.25, -0.2) is 9.97 Å². The van der Waals surface area contributed by atoms with Crippen LogP contribution in [-0.2, 0) is 23.0 Å². The van der Waals surface area contributed by atoms with Crippen LogP contribution in [0, 0.1) is 6.92 Å². The predicted molar refractivity (Wildman–Crippen MR) is 69.8 cm³/mol. The number of alkyl halides is 3. The summed E-state index contributed by atoms with van der Waals surface area (Å²) < 4.78 is 59.8. The number of hydrogen-bond acceptors (Lipinski definition) is 4. The second-order valence-corrected chi connectivity index (χ2v) is 5.27. The third-order valence-electron chi connectivity index (χ3n) is 2.62. The van der Waals surface area contributed by atoms with E-state index < -0.39 is 28.7 Å². The van der Waals surface area contributed by atoms with Crippen LogP contribution in [0.5, 0.6) is 0 Å². The average molecular weight is 315 g/mol. The summed E-state index contributed by atoms with van der Waals surface area (Å²) in [6.45, 7) is 1.79. The molecule has 0 radical (unpaired) electrons. The Labute approximate surface area is 121 Å². The molecule has 0 amide bonds. The van der Waals surface area contributed by atoms with E-state index >= 15 is 0 Å². The van der Waals surface area contributed by atoms with Crippen LogP contribution in [0.2, 0.25) is 0 Å². The van der Waals surface area contributed by atoms with Crippen molar-refractivity contribution in [3.8, 4) is 11.3 Å². The molecule has 0 saturated carbocycles. The molecule has 4 nitrogen and oxygen atoms in total. The van der Waals surface area contributed by atoms with E-state index in [1.165, 1.54) is 0 Å². The highest BCUT2D eigenvalue weighted by atomic mass is 32.2. The molecule has 0 aliphatic heterocycles. The molecule has 112 valence electrons. The lowest BCUT2D eigenvalue weighted by Gasteiger charge is -2.12. The summed E-state index contributed by atoms with van der Waals surface area (Å²) in [5.74, 6) is -1.04. The predicted octanol–water partition coefficient (Wildman–Crippen LogP) is 2.85. The van der Waals surface area contributed by atoms with Crippen molar-refractivity contribution in [2.45, 2.75) is 18.9 Å². The fourth-order valence-electron chi connectivity index (χ4n) is 1.76.